The highest BCUT2D eigenvalue weighted by Crippen LogP contribution is 2.31. The lowest BCUT2D eigenvalue weighted by Crippen LogP contribution is -2.39. The number of likely N-dealkylation sites (tertiary alicyclic amines) is 1. The zero-order valence-corrected chi connectivity index (χ0v) is 15.5. The predicted octanol–water partition coefficient (Wildman–Crippen LogP) is 4.02. The molecule has 4 nitrogen and oxygen atoms in total. The standard InChI is InChI=1S/C22H29N3O/c26-22(13-18-7-2-1-3-8-18)19-9-6-12-24(15-19)16-21-14-23-17-25(21)20-10-4-5-11-20/h1-3,7-8,14,17,19-20H,4-6,9-13,15-16H2. The van der Waals surface area contributed by atoms with Crippen LogP contribution >= 0.6 is 0 Å². The third kappa shape index (κ3) is 4.07. The first-order chi connectivity index (χ1) is 12.8. The summed E-state index contributed by atoms with van der Waals surface area (Å²) in [4.78, 5) is 19.6. The van der Waals surface area contributed by atoms with E-state index in [0.29, 0.717) is 18.2 Å². The van der Waals surface area contributed by atoms with Gasteiger partial charge in [0.25, 0.3) is 0 Å². The summed E-state index contributed by atoms with van der Waals surface area (Å²) in [5.41, 5.74) is 2.45. The Bertz CT molecular complexity index is 718. The molecule has 0 bridgehead atoms. The number of imidazole rings is 1. The Morgan fingerprint density at radius 1 is 1.08 bits per heavy atom. The van der Waals surface area contributed by atoms with E-state index in [4.69, 9.17) is 0 Å². The SMILES string of the molecule is O=C(Cc1ccccc1)C1CCCN(Cc2cncn2C2CCCC2)C1. The van der Waals surface area contributed by atoms with E-state index in [1.165, 1.54) is 31.4 Å². The summed E-state index contributed by atoms with van der Waals surface area (Å²) >= 11 is 0. The minimum absolute atomic E-state index is 0.173. The number of Topliss-reactive ketones (excluding diaryl/α,β-unsaturated/α-hetero) is 1. The number of benzene rings is 1. The highest BCUT2D eigenvalue weighted by atomic mass is 16.1. The largest absolute Gasteiger partial charge is 0.330 e. The maximum atomic E-state index is 12.7. The van der Waals surface area contributed by atoms with Crippen molar-refractivity contribution in [2.24, 2.45) is 5.92 Å². The fourth-order valence-electron chi connectivity index (χ4n) is 4.60. The van der Waals surface area contributed by atoms with E-state index in [9.17, 15) is 4.79 Å². The fourth-order valence-corrected chi connectivity index (χ4v) is 4.60. The van der Waals surface area contributed by atoms with E-state index in [0.717, 1.165) is 38.0 Å². The van der Waals surface area contributed by atoms with E-state index in [2.05, 4.69) is 26.6 Å². The molecule has 1 aromatic carbocycles. The molecule has 0 spiro atoms. The van der Waals surface area contributed by atoms with Gasteiger partial charge in [-0.3, -0.25) is 9.69 Å². The smallest absolute Gasteiger partial charge is 0.141 e. The topological polar surface area (TPSA) is 38.1 Å². The Balaban J connectivity index is 1.37. The van der Waals surface area contributed by atoms with Crippen LogP contribution in [0.5, 0.6) is 0 Å². The number of carbonyl (C=O) groups is 1. The zero-order valence-electron chi connectivity index (χ0n) is 15.5. The fraction of sp³-hybridized carbons (Fsp3) is 0.545. The lowest BCUT2D eigenvalue weighted by Gasteiger charge is -2.32. The van der Waals surface area contributed by atoms with E-state index in [1.54, 1.807) is 0 Å². The zero-order chi connectivity index (χ0) is 17.8. The normalized spacial score (nSPS) is 21.9. The number of piperidine rings is 1. The van der Waals surface area contributed by atoms with Gasteiger partial charge in [0, 0.05) is 37.7 Å². The van der Waals surface area contributed by atoms with Gasteiger partial charge in [-0.1, -0.05) is 43.2 Å². The molecule has 0 amide bonds. The average Bonchev–Trinajstić information content (AvgIpc) is 3.34. The van der Waals surface area contributed by atoms with Crippen LogP contribution in [0.25, 0.3) is 0 Å². The summed E-state index contributed by atoms with van der Waals surface area (Å²) in [6, 6.07) is 10.8. The number of hydrogen-bond donors (Lipinski definition) is 0. The molecule has 1 aromatic heterocycles. The van der Waals surface area contributed by atoms with Crippen molar-refractivity contribution >= 4 is 5.78 Å². The number of nitrogens with zero attached hydrogens (tertiary/aromatic N) is 3. The quantitative estimate of drug-likeness (QED) is 0.789. The van der Waals surface area contributed by atoms with Crippen LogP contribution in [-0.2, 0) is 17.8 Å². The second kappa shape index (κ2) is 8.17. The summed E-state index contributed by atoms with van der Waals surface area (Å²) in [6.45, 7) is 2.90. The van der Waals surface area contributed by atoms with Crippen LogP contribution in [0, 0.1) is 5.92 Å². The van der Waals surface area contributed by atoms with Gasteiger partial charge in [0.15, 0.2) is 0 Å². The second-order valence-corrected chi connectivity index (χ2v) is 7.93. The van der Waals surface area contributed by atoms with Crippen LogP contribution in [0.2, 0.25) is 0 Å². The summed E-state index contributed by atoms with van der Waals surface area (Å²) in [7, 11) is 0. The van der Waals surface area contributed by atoms with Crippen molar-refractivity contribution in [3.8, 4) is 0 Å². The molecule has 138 valence electrons. The summed E-state index contributed by atoms with van der Waals surface area (Å²) in [6.07, 6.45) is 12.0. The van der Waals surface area contributed by atoms with Gasteiger partial charge in [-0.15, -0.1) is 0 Å². The molecule has 2 aliphatic rings. The Kier molecular flexibility index (Phi) is 5.49. The van der Waals surface area contributed by atoms with Crippen LogP contribution < -0.4 is 0 Å². The van der Waals surface area contributed by atoms with Crippen LogP contribution in [0.3, 0.4) is 0 Å². The van der Waals surface area contributed by atoms with Crippen molar-refractivity contribution in [1.82, 2.24) is 14.5 Å². The van der Waals surface area contributed by atoms with Crippen LogP contribution in [0.15, 0.2) is 42.9 Å². The molecular weight excluding hydrogens is 322 g/mol. The third-order valence-corrected chi connectivity index (χ3v) is 6.03. The van der Waals surface area contributed by atoms with Gasteiger partial charge in [0.1, 0.15) is 5.78 Å². The Labute approximate surface area is 156 Å². The van der Waals surface area contributed by atoms with E-state index >= 15 is 0 Å². The number of ketones is 1. The molecule has 2 aromatic rings. The highest BCUT2D eigenvalue weighted by molar-refractivity contribution is 5.83. The predicted molar refractivity (Wildman–Crippen MR) is 103 cm³/mol. The lowest BCUT2D eigenvalue weighted by atomic mass is 9.90. The first kappa shape index (κ1) is 17.5. The summed E-state index contributed by atoms with van der Waals surface area (Å²) in [5.74, 6) is 0.567. The number of carbonyl (C=O) groups excluding carboxylic acids is 1. The van der Waals surface area contributed by atoms with Crippen molar-refractivity contribution < 1.29 is 4.79 Å². The van der Waals surface area contributed by atoms with Gasteiger partial charge in [-0.25, -0.2) is 4.98 Å². The molecule has 1 saturated carbocycles. The van der Waals surface area contributed by atoms with Gasteiger partial charge < -0.3 is 4.57 Å². The molecule has 26 heavy (non-hydrogen) atoms. The minimum atomic E-state index is 0.173. The molecule has 0 N–H and O–H groups in total. The molecule has 1 aliphatic carbocycles. The third-order valence-electron chi connectivity index (χ3n) is 6.03. The molecule has 0 radical (unpaired) electrons. The van der Waals surface area contributed by atoms with Crippen LogP contribution in [-0.4, -0.2) is 33.3 Å². The Hall–Kier alpha value is -1.94. The monoisotopic (exact) mass is 351 g/mol. The van der Waals surface area contributed by atoms with Crippen molar-refractivity contribution in [2.75, 3.05) is 13.1 Å². The van der Waals surface area contributed by atoms with Gasteiger partial charge in [0.05, 0.1) is 12.0 Å². The van der Waals surface area contributed by atoms with E-state index < -0.39 is 0 Å². The number of hydrogen-bond acceptors (Lipinski definition) is 3. The van der Waals surface area contributed by atoms with E-state index in [1.807, 2.05) is 30.7 Å². The lowest BCUT2D eigenvalue weighted by molar-refractivity contribution is -0.124. The van der Waals surface area contributed by atoms with Gasteiger partial charge >= 0.3 is 0 Å². The first-order valence-electron chi connectivity index (χ1n) is 10.1. The minimum Gasteiger partial charge on any atom is -0.330 e. The molecule has 2 heterocycles. The highest BCUT2D eigenvalue weighted by Gasteiger charge is 2.27. The number of rotatable bonds is 6. The molecule has 1 unspecified atom stereocenters. The summed E-state index contributed by atoms with van der Waals surface area (Å²) in [5, 5.41) is 0. The molecule has 1 saturated heterocycles. The van der Waals surface area contributed by atoms with Gasteiger partial charge in [0.2, 0.25) is 0 Å². The molecular formula is C22H29N3O. The maximum absolute atomic E-state index is 12.7. The second-order valence-electron chi connectivity index (χ2n) is 7.93. The molecule has 1 atom stereocenters. The molecule has 4 rings (SSSR count). The van der Waals surface area contributed by atoms with Crippen LogP contribution in [0.4, 0.5) is 0 Å². The van der Waals surface area contributed by atoms with Crippen molar-refractivity contribution in [2.45, 2.75) is 57.5 Å². The Morgan fingerprint density at radius 2 is 1.88 bits per heavy atom. The average molecular weight is 351 g/mol. The van der Waals surface area contributed by atoms with E-state index in [-0.39, 0.29) is 5.92 Å². The number of aromatic nitrogens is 2. The molecule has 1 aliphatic heterocycles. The maximum Gasteiger partial charge on any atom is 0.141 e. The first-order valence-corrected chi connectivity index (χ1v) is 10.1. The molecule has 2 fully saturated rings. The summed E-state index contributed by atoms with van der Waals surface area (Å²) < 4.78 is 2.39. The van der Waals surface area contributed by atoms with Crippen LogP contribution in [0.1, 0.15) is 55.8 Å². The van der Waals surface area contributed by atoms with Crippen molar-refractivity contribution in [3.05, 3.63) is 54.1 Å². The van der Waals surface area contributed by atoms with Gasteiger partial charge in [-0.2, -0.15) is 0 Å². The van der Waals surface area contributed by atoms with Crippen molar-refractivity contribution in [1.29, 1.82) is 0 Å². The molecule has 4 heteroatoms. The van der Waals surface area contributed by atoms with Crippen molar-refractivity contribution in [3.63, 3.8) is 0 Å². The van der Waals surface area contributed by atoms with Gasteiger partial charge in [-0.05, 0) is 37.8 Å². The Morgan fingerprint density at radius 3 is 2.69 bits per heavy atom.